The first-order valence-corrected chi connectivity index (χ1v) is 10.1. The molecule has 0 aliphatic heterocycles. The number of tetrazole rings is 1. The average Bonchev–Trinajstić information content (AvgIpc) is 3.18. The van der Waals surface area contributed by atoms with Crippen molar-refractivity contribution in [3.05, 3.63) is 60.2 Å². The highest BCUT2D eigenvalue weighted by Crippen LogP contribution is 2.21. The fourth-order valence-electron chi connectivity index (χ4n) is 2.54. The van der Waals surface area contributed by atoms with E-state index in [4.69, 9.17) is 4.74 Å². The number of carbonyl (C=O) groups is 1. The molecule has 3 rings (SSSR count). The van der Waals surface area contributed by atoms with E-state index >= 15 is 0 Å². The minimum atomic E-state index is -0.832. The molecular formula is C19H21N5O3S. The van der Waals surface area contributed by atoms with Crippen LogP contribution >= 0.6 is 11.8 Å². The van der Waals surface area contributed by atoms with E-state index < -0.39 is 12.0 Å². The number of benzene rings is 2. The summed E-state index contributed by atoms with van der Waals surface area (Å²) in [5, 5.41) is 23.9. The summed E-state index contributed by atoms with van der Waals surface area (Å²) in [4.78, 5) is 11.3. The Kier molecular flexibility index (Phi) is 6.99. The number of aliphatic carboxylic acids is 1. The molecule has 146 valence electrons. The lowest BCUT2D eigenvalue weighted by atomic mass is 10.2. The van der Waals surface area contributed by atoms with Crippen LogP contribution in [-0.4, -0.2) is 49.3 Å². The largest absolute Gasteiger partial charge is 0.480 e. The Balaban J connectivity index is 1.61. The van der Waals surface area contributed by atoms with E-state index in [0.717, 1.165) is 17.0 Å². The van der Waals surface area contributed by atoms with E-state index in [1.165, 1.54) is 4.68 Å². The predicted octanol–water partition coefficient (Wildman–Crippen LogP) is 2.75. The van der Waals surface area contributed by atoms with Gasteiger partial charge in [-0.1, -0.05) is 35.4 Å². The smallest absolute Gasteiger partial charge is 0.345 e. The number of hydrogen-bond acceptors (Lipinski definition) is 7. The zero-order chi connectivity index (χ0) is 19.8. The summed E-state index contributed by atoms with van der Waals surface area (Å²) in [6, 6.07) is 16.5. The first-order chi connectivity index (χ1) is 13.7. The molecule has 0 aliphatic rings. The average molecular weight is 399 g/mol. The van der Waals surface area contributed by atoms with Crippen molar-refractivity contribution >= 4 is 17.7 Å². The SMILES string of the molecule is CSCCC(NCc1ccc(Oc2nnnn2-c2ccccc2)cc1)C(=O)O. The summed E-state index contributed by atoms with van der Waals surface area (Å²) in [5.41, 5.74) is 1.76. The summed E-state index contributed by atoms with van der Waals surface area (Å²) in [5.74, 6) is 0.557. The van der Waals surface area contributed by atoms with E-state index in [0.29, 0.717) is 18.7 Å². The lowest BCUT2D eigenvalue weighted by Gasteiger charge is -2.14. The fourth-order valence-corrected chi connectivity index (χ4v) is 3.02. The van der Waals surface area contributed by atoms with E-state index in [-0.39, 0.29) is 6.01 Å². The van der Waals surface area contributed by atoms with Crippen LogP contribution in [-0.2, 0) is 11.3 Å². The number of carboxylic acid groups (broad SMARTS) is 1. The Bertz CT molecular complexity index is 886. The van der Waals surface area contributed by atoms with E-state index in [1.807, 2.05) is 48.7 Å². The van der Waals surface area contributed by atoms with Crippen molar-refractivity contribution < 1.29 is 14.6 Å². The number of hydrogen-bond donors (Lipinski definition) is 2. The molecular weight excluding hydrogens is 378 g/mol. The predicted molar refractivity (Wildman–Crippen MR) is 107 cm³/mol. The maximum Gasteiger partial charge on any atom is 0.345 e. The van der Waals surface area contributed by atoms with Gasteiger partial charge in [-0.05, 0) is 58.7 Å². The third kappa shape index (κ3) is 5.30. The zero-order valence-electron chi connectivity index (χ0n) is 15.4. The number of para-hydroxylation sites is 1. The van der Waals surface area contributed by atoms with E-state index in [2.05, 4.69) is 20.8 Å². The maximum atomic E-state index is 11.3. The topological polar surface area (TPSA) is 102 Å². The fraction of sp³-hybridized carbons (Fsp3) is 0.263. The van der Waals surface area contributed by atoms with Crippen molar-refractivity contribution in [1.29, 1.82) is 0 Å². The first kappa shape index (κ1) is 19.8. The Morgan fingerprint density at radius 1 is 1.21 bits per heavy atom. The summed E-state index contributed by atoms with van der Waals surface area (Å²) < 4.78 is 7.30. The monoisotopic (exact) mass is 399 g/mol. The van der Waals surface area contributed by atoms with Crippen LogP contribution in [0.5, 0.6) is 11.8 Å². The highest BCUT2D eigenvalue weighted by Gasteiger charge is 2.16. The second-order valence-corrected chi connectivity index (χ2v) is 6.99. The van der Waals surface area contributed by atoms with Crippen molar-refractivity contribution in [2.75, 3.05) is 12.0 Å². The van der Waals surface area contributed by atoms with Gasteiger partial charge in [-0.2, -0.15) is 16.4 Å². The summed E-state index contributed by atoms with van der Waals surface area (Å²) >= 11 is 1.63. The highest BCUT2D eigenvalue weighted by molar-refractivity contribution is 7.98. The molecule has 1 atom stereocenters. The Hall–Kier alpha value is -2.91. The van der Waals surface area contributed by atoms with Gasteiger partial charge in [0.15, 0.2) is 0 Å². The van der Waals surface area contributed by atoms with Gasteiger partial charge < -0.3 is 15.2 Å². The molecule has 0 saturated heterocycles. The molecule has 0 fully saturated rings. The van der Waals surface area contributed by atoms with Crippen molar-refractivity contribution in [1.82, 2.24) is 25.5 Å². The number of ether oxygens (including phenoxy) is 1. The molecule has 0 aliphatic carbocycles. The van der Waals surface area contributed by atoms with Gasteiger partial charge in [-0.25, -0.2) is 0 Å². The van der Waals surface area contributed by atoms with Gasteiger partial charge in [-0.15, -0.1) is 0 Å². The molecule has 0 amide bonds. The van der Waals surface area contributed by atoms with Gasteiger partial charge in [0.05, 0.1) is 5.69 Å². The van der Waals surface area contributed by atoms with Crippen LogP contribution in [0.3, 0.4) is 0 Å². The molecule has 0 saturated carbocycles. The number of nitrogens with one attached hydrogen (secondary N) is 1. The molecule has 0 spiro atoms. The van der Waals surface area contributed by atoms with Crippen molar-refractivity contribution in [2.45, 2.75) is 19.0 Å². The van der Waals surface area contributed by atoms with Gasteiger partial charge in [0, 0.05) is 6.54 Å². The lowest BCUT2D eigenvalue weighted by molar-refractivity contribution is -0.139. The van der Waals surface area contributed by atoms with Gasteiger partial charge in [0.25, 0.3) is 0 Å². The van der Waals surface area contributed by atoms with Crippen LogP contribution in [0.25, 0.3) is 5.69 Å². The van der Waals surface area contributed by atoms with Crippen LogP contribution in [0.4, 0.5) is 0 Å². The molecule has 8 nitrogen and oxygen atoms in total. The number of nitrogens with zero attached hydrogens (tertiary/aromatic N) is 4. The van der Waals surface area contributed by atoms with Gasteiger partial charge in [-0.3, -0.25) is 4.79 Å². The standard InChI is InChI=1S/C19H21N5O3S/c1-28-12-11-17(18(25)26)20-13-14-7-9-16(10-8-14)27-19-21-22-23-24(19)15-5-3-2-4-6-15/h2-10,17,20H,11-13H2,1H3,(H,25,26). The van der Waals surface area contributed by atoms with Crippen molar-refractivity contribution in [3.8, 4) is 17.4 Å². The number of thioether (sulfide) groups is 1. The van der Waals surface area contributed by atoms with E-state index in [1.54, 1.807) is 23.9 Å². The first-order valence-electron chi connectivity index (χ1n) is 8.73. The van der Waals surface area contributed by atoms with Crippen LogP contribution < -0.4 is 10.1 Å². The van der Waals surface area contributed by atoms with Crippen LogP contribution in [0.1, 0.15) is 12.0 Å². The second-order valence-electron chi connectivity index (χ2n) is 6.01. The van der Waals surface area contributed by atoms with Gasteiger partial charge in [0.1, 0.15) is 11.8 Å². The molecule has 1 aromatic heterocycles. The number of aromatic nitrogens is 4. The number of rotatable bonds is 10. The third-order valence-electron chi connectivity index (χ3n) is 4.04. The molecule has 3 aromatic rings. The lowest BCUT2D eigenvalue weighted by Crippen LogP contribution is -2.36. The summed E-state index contributed by atoms with van der Waals surface area (Å²) in [6.45, 7) is 0.466. The molecule has 28 heavy (non-hydrogen) atoms. The maximum absolute atomic E-state index is 11.3. The molecule has 2 N–H and O–H groups in total. The normalized spacial score (nSPS) is 11.9. The molecule has 0 radical (unpaired) electrons. The Morgan fingerprint density at radius 2 is 1.96 bits per heavy atom. The summed E-state index contributed by atoms with van der Waals surface area (Å²) in [7, 11) is 0. The highest BCUT2D eigenvalue weighted by atomic mass is 32.2. The van der Waals surface area contributed by atoms with Crippen molar-refractivity contribution in [3.63, 3.8) is 0 Å². The molecule has 1 unspecified atom stereocenters. The quantitative estimate of drug-likeness (QED) is 0.537. The third-order valence-corrected chi connectivity index (χ3v) is 4.68. The zero-order valence-corrected chi connectivity index (χ0v) is 16.2. The molecule has 1 heterocycles. The summed E-state index contributed by atoms with van der Waals surface area (Å²) in [6.07, 6.45) is 2.55. The van der Waals surface area contributed by atoms with E-state index in [9.17, 15) is 9.90 Å². The van der Waals surface area contributed by atoms with Crippen LogP contribution in [0.2, 0.25) is 0 Å². The molecule has 9 heteroatoms. The Morgan fingerprint density at radius 3 is 2.64 bits per heavy atom. The Labute approximate surface area is 166 Å². The second kappa shape index (κ2) is 9.86. The van der Waals surface area contributed by atoms with Crippen molar-refractivity contribution in [2.24, 2.45) is 0 Å². The van der Waals surface area contributed by atoms with Crippen LogP contribution in [0.15, 0.2) is 54.6 Å². The minimum Gasteiger partial charge on any atom is -0.480 e. The molecule has 0 bridgehead atoms. The molecule has 2 aromatic carbocycles. The minimum absolute atomic E-state index is 0.264. The van der Waals surface area contributed by atoms with Gasteiger partial charge in [0.2, 0.25) is 0 Å². The van der Waals surface area contributed by atoms with Gasteiger partial charge >= 0.3 is 12.0 Å². The van der Waals surface area contributed by atoms with Crippen LogP contribution in [0, 0.1) is 0 Å². The number of carboxylic acids is 1.